The van der Waals surface area contributed by atoms with E-state index in [-0.39, 0.29) is 30.3 Å². The Morgan fingerprint density at radius 1 is 1.05 bits per heavy atom. The van der Waals surface area contributed by atoms with Gasteiger partial charge in [-0.2, -0.15) is 5.10 Å². The number of likely N-dealkylation sites (N-methyl/N-ethyl adjacent to an activating group) is 1. The number of ether oxygens (including phenoxy) is 2. The Labute approximate surface area is 248 Å². The van der Waals surface area contributed by atoms with Crippen molar-refractivity contribution in [1.29, 1.82) is 0 Å². The first kappa shape index (κ1) is 29.9. The lowest BCUT2D eigenvalue weighted by atomic mass is 10.1. The van der Waals surface area contributed by atoms with E-state index in [1.807, 2.05) is 12.1 Å². The van der Waals surface area contributed by atoms with Gasteiger partial charge in [0.1, 0.15) is 29.3 Å². The minimum absolute atomic E-state index is 0.121. The Morgan fingerprint density at radius 2 is 1.79 bits per heavy atom. The number of esters is 1. The molecule has 2 aromatic carbocycles. The lowest BCUT2D eigenvalue weighted by Gasteiger charge is -2.34. The first-order chi connectivity index (χ1) is 20.1. The molecule has 224 valence electrons. The van der Waals surface area contributed by atoms with Gasteiger partial charge in [0.15, 0.2) is 5.82 Å². The molecule has 0 N–H and O–H groups in total. The molecule has 1 aliphatic rings. The van der Waals surface area contributed by atoms with Crippen LogP contribution in [0.15, 0.2) is 48.7 Å². The number of anilines is 1. The SMILES string of the molecule is CCOC(=O)c1cccc(-c2ncc3c(n2)c(-c2ccc(N4CCN(C)CC4)cc2)nn3COCCS(C)(C)C)c1F. The van der Waals surface area contributed by atoms with Gasteiger partial charge in [-0.3, -0.25) is 0 Å². The average Bonchev–Trinajstić information content (AvgIpc) is 3.33. The first-order valence-electron chi connectivity index (χ1n) is 14.1. The van der Waals surface area contributed by atoms with E-state index in [1.165, 1.54) is 6.07 Å². The van der Waals surface area contributed by atoms with E-state index in [0.29, 0.717) is 23.3 Å². The summed E-state index contributed by atoms with van der Waals surface area (Å²) in [5.74, 6) is -0.281. The fourth-order valence-corrected chi connectivity index (χ4v) is 5.43. The number of hydrogen-bond acceptors (Lipinski definition) is 8. The summed E-state index contributed by atoms with van der Waals surface area (Å²) in [5.41, 5.74) is 3.95. The average molecular weight is 595 g/mol. The number of aromatic nitrogens is 4. The fraction of sp³-hybridized carbons (Fsp3) is 0.419. The third kappa shape index (κ3) is 6.74. The van der Waals surface area contributed by atoms with Gasteiger partial charge in [0.2, 0.25) is 0 Å². The van der Waals surface area contributed by atoms with Crippen LogP contribution in [0.3, 0.4) is 0 Å². The van der Waals surface area contributed by atoms with Crippen molar-refractivity contribution in [3.63, 3.8) is 0 Å². The standard InChI is InChI=1S/C31H39FN6O3S/c1-6-41-31(39)25-9-7-8-24(27(25)32)30-33-20-26-29(34-30)28(35-38(26)21-40-18-19-42(3,4)5)22-10-12-23(13-11-22)37-16-14-36(2)15-17-37/h7-13,20H,6,14-19,21H2,1-5H3. The second kappa shape index (κ2) is 12.8. The monoisotopic (exact) mass is 594 g/mol. The molecular formula is C31H39FN6O3S. The van der Waals surface area contributed by atoms with Crippen LogP contribution in [-0.4, -0.2) is 102 Å². The molecule has 9 nitrogen and oxygen atoms in total. The number of hydrogen-bond donors (Lipinski definition) is 0. The van der Waals surface area contributed by atoms with Gasteiger partial charge in [-0.15, -0.1) is 0 Å². The Kier molecular flexibility index (Phi) is 9.10. The van der Waals surface area contributed by atoms with E-state index in [2.05, 4.69) is 52.7 Å². The molecule has 0 spiro atoms. The van der Waals surface area contributed by atoms with Gasteiger partial charge in [-0.1, -0.05) is 18.2 Å². The van der Waals surface area contributed by atoms with Crippen LogP contribution in [0.2, 0.25) is 0 Å². The van der Waals surface area contributed by atoms with Crippen LogP contribution < -0.4 is 4.90 Å². The van der Waals surface area contributed by atoms with Gasteiger partial charge in [-0.25, -0.2) is 33.9 Å². The summed E-state index contributed by atoms with van der Waals surface area (Å²) >= 11 is 0. The third-order valence-electron chi connectivity index (χ3n) is 7.29. The number of halogens is 1. The predicted molar refractivity (Wildman–Crippen MR) is 168 cm³/mol. The molecule has 0 aliphatic carbocycles. The summed E-state index contributed by atoms with van der Waals surface area (Å²) in [7, 11) is 1.46. The summed E-state index contributed by atoms with van der Waals surface area (Å²) < 4.78 is 28.3. The Balaban J connectivity index is 1.51. The van der Waals surface area contributed by atoms with Crippen LogP contribution in [0.25, 0.3) is 33.7 Å². The van der Waals surface area contributed by atoms with Gasteiger partial charge < -0.3 is 19.3 Å². The molecule has 2 aromatic heterocycles. The van der Waals surface area contributed by atoms with Gasteiger partial charge in [-0.05, 0) is 57.0 Å². The molecule has 1 fully saturated rings. The molecule has 0 atom stereocenters. The molecule has 4 aromatic rings. The van der Waals surface area contributed by atoms with Crippen molar-refractivity contribution in [1.82, 2.24) is 24.6 Å². The summed E-state index contributed by atoms with van der Waals surface area (Å²) in [5, 5.41) is 4.88. The molecule has 1 saturated heterocycles. The number of rotatable bonds is 10. The number of piperazine rings is 1. The normalized spacial score (nSPS) is 14.9. The maximum atomic E-state index is 15.5. The Bertz CT molecular complexity index is 1550. The topological polar surface area (TPSA) is 85.6 Å². The van der Waals surface area contributed by atoms with E-state index in [4.69, 9.17) is 19.6 Å². The fourth-order valence-electron chi connectivity index (χ4n) is 4.81. The quantitative estimate of drug-likeness (QED) is 0.190. The summed E-state index contributed by atoms with van der Waals surface area (Å²) in [6.45, 7) is 6.73. The molecule has 3 heterocycles. The van der Waals surface area contributed by atoms with Crippen molar-refractivity contribution in [2.45, 2.75) is 13.7 Å². The smallest absolute Gasteiger partial charge is 0.341 e. The van der Waals surface area contributed by atoms with E-state index in [9.17, 15) is 4.79 Å². The number of carbonyl (C=O) groups excluding carboxylic acids is 1. The van der Waals surface area contributed by atoms with E-state index in [1.54, 1.807) is 29.9 Å². The highest BCUT2D eigenvalue weighted by Gasteiger charge is 2.22. The highest BCUT2D eigenvalue weighted by Crippen LogP contribution is 2.34. The Hall–Kier alpha value is -3.54. The van der Waals surface area contributed by atoms with Gasteiger partial charge in [0, 0.05) is 43.2 Å². The van der Waals surface area contributed by atoms with Crippen LogP contribution in [0.4, 0.5) is 10.1 Å². The molecule has 0 unspecified atom stereocenters. The maximum Gasteiger partial charge on any atom is 0.341 e. The van der Waals surface area contributed by atoms with Crippen LogP contribution in [-0.2, 0) is 16.2 Å². The summed E-state index contributed by atoms with van der Waals surface area (Å²) in [6, 6.07) is 12.9. The second-order valence-electron chi connectivity index (χ2n) is 11.3. The van der Waals surface area contributed by atoms with Gasteiger partial charge >= 0.3 is 5.97 Å². The zero-order chi connectivity index (χ0) is 29.9. The maximum absolute atomic E-state index is 15.5. The van der Waals surface area contributed by atoms with E-state index < -0.39 is 21.8 Å². The molecule has 42 heavy (non-hydrogen) atoms. The number of fused-ring (bicyclic) bond motifs is 1. The minimum Gasteiger partial charge on any atom is -0.462 e. The number of nitrogens with zero attached hydrogens (tertiary/aromatic N) is 6. The molecule has 0 saturated carbocycles. The zero-order valence-electron chi connectivity index (χ0n) is 25.0. The van der Waals surface area contributed by atoms with Crippen molar-refractivity contribution >= 4 is 32.7 Å². The van der Waals surface area contributed by atoms with Gasteiger partial charge in [0.25, 0.3) is 0 Å². The highest BCUT2D eigenvalue weighted by molar-refractivity contribution is 8.32. The zero-order valence-corrected chi connectivity index (χ0v) is 25.8. The van der Waals surface area contributed by atoms with E-state index >= 15 is 4.39 Å². The largest absolute Gasteiger partial charge is 0.462 e. The molecule has 11 heteroatoms. The van der Waals surface area contributed by atoms with E-state index in [0.717, 1.165) is 43.2 Å². The van der Waals surface area contributed by atoms with Crippen LogP contribution in [0.5, 0.6) is 0 Å². The van der Waals surface area contributed by atoms with Crippen molar-refractivity contribution < 1.29 is 18.7 Å². The Morgan fingerprint density at radius 3 is 2.48 bits per heavy atom. The van der Waals surface area contributed by atoms with Crippen LogP contribution >= 0.6 is 10.0 Å². The molecular weight excluding hydrogens is 555 g/mol. The lowest BCUT2D eigenvalue weighted by molar-refractivity contribution is 0.0521. The highest BCUT2D eigenvalue weighted by atomic mass is 32.3. The molecule has 1 aliphatic heterocycles. The molecule has 0 bridgehead atoms. The number of carbonyl (C=O) groups is 1. The summed E-state index contributed by atoms with van der Waals surface area (Å²) in [4.78, 5) is 26.3. The summed E-state index contributed by atoms with van der Waals surface area (Å²) in [6.07, 6.45) is 8.42. The third-order valence-corrected chi connectivity index (χ3v) is 8.68. The van der Waals surface area contributed by atoms with Gasteiger partial charge in [0.05, 0.1) is 30.5 Å². The van der Waals surface area contributed by atoms with Crippen molar-refractivity contribution in [3.05, 3.63) is 60.0 Å². The van der Waals surface area contributed by atoms with Crippen molar-refractivity contribution in [2.24, 2.45) is 0 Å². The lowest BCUT2D eigenvalue weighted by Crippen LogP contribution is -2.44. The minimum atomic E-state index is -0.721. The van der Waals surface area contributed by atoms with Crippen molar-refractivity contribution in [3.8, 4) is 22.6 Å². The predicted octanol–water partition coefficient (Wildman–Crippen LogP) is 4.90. The number of benzene rings is 2. The molecule has 5 rings (SSSR count). The molecule has 0 radical (unpaired) electrons. The van der Waals surface area contributed by atoms with Crippen LogP contribution in [0.1, 0.15) is 17.3 Å². The first-order valence-corrected chi connectivity index (χ1v) is 17.1. The van der Waals surface area contributed by atoms with Crippen molar-refractivity contribution in [2.75, 3.05) is 75.9 Å². The van der Waals surface area contributed by atoms with Crippen LogP contribution in [0, 0.1) is 5.82 Å². The molecule has 0 amide bonds. The second-order valence-corrected chi connectivity index (χ2v) is 15.9.